The van der Waals surface area contributed by atoms with Crippen molar-refractivity contribution in [2.75, 3.05) is 12.3 Å². The number of benzene rings is 1. The van der Waals surface area contributed by atoms with E-state index in [4.69, 9.17) is 16.6 Å². The zero-order chi connectivity index (χ0) is 10.8. The number of phenols is 1. The highest BCUT2D eigenvalue weighted by atomic mass is 16.3. The Morgan fingerprint density at radius 3 is 2.57 bits per heavy atom. The number of aliphatic hydroxyl groups excluding tert-OH is 1. The molecule has 1 unspecified atom stereocenters. The van der Waals surface area contributed by atoms with Crippen LogP contribution in [0.25, 0.3) is 0 Å². The lowest BCUT2D eigenvalue weighted by Gasteiger charge is -2.25. The standard InChI is InChI=1S/C10H16N2O2/c1-10(12,4-5-13)8-3-2-7(11)6-9(8)14/h2-3,6,13-14H,4-5,11-12H2,1H3. The highest BCUT2D eigenvalue weighted by Crippen LogP contribution is 2.30. The number of aromatic hydroxyl groups is 1. The van der Waals surface area contributed by atoms with Crippen LogP contribution in [-0.2, 0) is 5.54 Å². The number of rotatable bonds is 3. The number of nitrogen functional groups attached to an aromatic ring is 1. The summed E-state index contributed by atoms with van der Waals surface area (Å²) in [5.74, 6) is 0.0726. The number of hydrogen-bond acceptors (Lipinski definition) is 4. The van der Waals surface area contributed by atoms with Crippen LogP contribution < -0.4 is 11.5 Å². The predicted octanol–water partition coefficient (Wildman–Crippen LogP) is 0.531. The third-order valence-corrected chi connectivity index (χ3v) is 2.27. The summed E-state index contributed by atoms with van der Waals surface area (Å²) >= 11 is 0. The average molecular weight is 196 g/mol. The van der Waals surface area contributed by atoms with Gasteiger partial charge in [-0.1, -0.05) is 6.07 Å². The molecule has 0 radical (unpaired) electrons. The third kappa shape index (κ3) is 2.16. The van der Waals surface area contributed by atoms with E-state index in [0.29, 0.717) is 17.7 Å². The Bertz CT molecular complexity index is 324. The van der Waals surface area contributed by atoms with E-state index in [1.165, 1.54) is 6.07 Å². The van der Waals surface area contributed by atoms with Crippen LogP contribution in [0.1, 0.15) is 18.9 Å². The minimum Gasteiger partial charge on any atom is -0.508 e. The van der Waals surface area contributed by atoms with Gasteiger partial charge < -0.3 is 21.7 Å². The molecule has 0 aliphatic rings. The first-order chi connectivity index (χ1) is 6.47. The second kappa shape index (κ2) is 3.86. The topological polar surface area (TPSA) is 92.5 Å². The summed E-state index contributed by atoms with van der Waals surface area (Å²) in [7, 11) is 0. The van der Waals surface area contributed by atoms with Crippen molar-refractivity contribution in [2.24, 2.45) is 5.73 Å². The maximum atomic E-state index is 9.61. The molecule has 1 aromatic carbocycles. The molecule has 0 spiro atoms. The second-order valence-corrected chi connectivity index (χ2v) is 3.67. The van der Waals surface area contributed by atoms with Gasteiger partial charge in [-0.25, -0.2) is 0 Å². The zero-order valence-electron chi connectivity index (χ0n) is 8.20. The van der Waals surface area contributed by atoms with Crippen molar-refractivity contribution >= 4 is 5.69 Å². The highest BCUT2D eigenvalue weighted by Gasteiger charge is 2.23. The summed E-state index contributed by atoms with van der Waals surface area (Å²) in [4.78, 5) is 0. The molecule has 4 heteroatoms. The van der Waals surface area contributed by atoms with Gasteiger partial charge in [-0.15, -0.1) is 0 Å². The quantitative estimate of drug-likeness (QED) is 0.531. The molecule has 1 aromatic rings. The zero-order valence-corrected chi connectivity index (χ0v) is 8.20. The lowest BCUT2D eigenvalue weighted by atomic mass is 9.89. The van der Waals surface area contributed by atoms with Crippen LogP contribution in [-0.4, -0.2) is 16.8 Å². The molecule has 0 aliphatic carbocycles. The predicted molar refractivity (Wildman–Crippen MR) is 55.8 cm³/mol. The van der Waals surface area contributed by atoms with E-state index in [1.54, 1.807) is 19.1 Å². The Morgan fingerprint density at radius 1 is 1.43 bits per heavy atom. The largest absolute Gasteiger partial charge is 0.508 e. The van der Waals surface area contributed by atoms with Gasteiger partial charge in [0.05, 0.1) is 0 Å². The van der Waals surface area contributed by atoms with E-state index in [9.17, 15) is 5.11 Å². The molecular weight excluding hydrogens is 180 g/mol. The van der Waals surface area contributed by atoms with E-state index >= 15 is 0 Å². The SMILES string of the molecule is CC(N)(CCO)c1ccc(N)cc1O. The highest BCUT2D eigenvalue weighted by molar-refractivity contribution is 5.49. The van der Waals surface area contributed by atoms with Crippen molar-refractivity contribution < 1.29 is 10.2 Å². The van der Waals surface area contributed by atoms with E-state index < -0.39 is 5.54 Å². The molecular formula is C10H16N2O2. The molecule has 0 heterocycles. The number of hydrogen-bond donors (Lipinski definition) is 4. The fraction of sp³-hybridized carbons (Fsp3) is 0.400. The molecule has 0 saturated carbocycles. The van der Waals surface area contributed by atoms with Gasteiger partial charge >= 0.3 is 0 Å². The van der Waals surface area contributed by atoms with E-state index in [0.717, 1.165) is 0 Å². The fourth-order valence-electron chi connectivity index (χ4n) is 1.40. The molecule has 78 valence electrons. The Balaban J connectivity index is 3.06. The first-order valence-electron chi connectivity index (χ1n) is 4.46. The monoisotopic (exact) mass is 196 g/mol. The van der Waals surface area contributed by atoms with Crippen molar-refractivity contribution in [1.29, 1.82) is 0 Å². The van der Waals surface area contributed by atoms with Crippen molar-refractivity contribution in [3.8, 4) is 5.75 Å². The summed E-state index contributed by atoms with van der Waals surface area (Å²) in [5, 5.41) is 18.4. The molecule has 0 aliphatic heterocycles. The number of nitrogens with two attached hydrogens (primary N) is 2. The van der Waals surface area contributed by atoms with Crippen molar-refractivity contribution in [3.05, 3.63) is 23.8 Å². The summed E-state index contributed by atoms with van der Waals surface area (Å²) in [5.41, 5.74) is 11.8. The molecule has 0 bridgehead atoms. The van der Waals surface area contributed by atoms with Gasteiger partial charge in [0.15, 0.2) is 0 Å². The molecule has 1 atom stereocenters. The fourth-order valence-corrected chi connectivity index (χ4v) is 1.40. The lowest BCUT2D eigenvalue weighted by Crippen LogP contribution is -2.34. The van der Waals surface area contributed by atoms with Crippen LogP contribution in [0.4, 0.5) is 5.69 Å². The van der Waals surface area contributed by atoms with Crippen LogP contribution in [0.15, 0.2) is 18.2 Å². The van der Waals surface area contributed by atoms with Crippen LogP contribution in [0.3, 0.4) is 0 Å². The van der Waals surface area contributed by atoms with Crippen molar-refractivity contribution in [3.63, 3.8) is 0 Å². The summed E-state index contributed by atoms with van der Waals surface area (Å²) in [6.45, 7) is 1.74. The molecule has 4 nitrogen and oxygen atoms in total. The number of anilines is 1. The molecule has 0 aromatic heterocycles. The smallest absolute Gasteiger partial charge is 0.122 e. The average Bonchev–Trinajstić information content (AvgIpc) is 2.02. The first kappa shape index (κ1) is 10.8. The molecule has 0 saturated heterocycles. The molecule has 0 fully saturated rings. The Morgan fingerprint density at radius 2 is 2.07 bits per heavy atom. The Kier molecular flexibility index (Phi) is 2.98. The number of aliphatic hydroxyl groups is 1. The van der Waals surface area contributed by atoms with E-state index in [-0.39, 0.29) is 12.4 Å². The van der Waals surface area contributed by atoms with Gasteiger partial charge in [0, 0.05) is 29.5 Å². The van der Waals surface area contributed by atoms with Gasteiger partial charge in [-0.2, -0.15) is 0 Å². The van der Waals surface area contributed by atoms with Crippen molar-refractivity contribution in [1.82, 2.24) is 0 Å². The first-order valence-corrected chi connectivity index (χ1v) is 4.46. The molecule has 6 N–H and O–H groups in total. The summed E-state index contributed by atoms with van der Waals surface area (Å²) in [6.07, 6.45) is 0.393. The minimum atomic E-state index is -0.730. The maximum absolute atomic E-state index is 9.61. The third-order valence-electron chi connectivity index (χ3n) is 2.27. The Labute approximate surface area is 83.2 Å². The van der Waals surface area contributed by atoms with Crippen LogP contribution in [0.2, 0.25) is 0 Å². The lowest BCUT2D eigenvalue weighted by molar-refractivity contribution is 0.245. The van der Waals surface area contributed by atoms with E-state index in [1.807, 2.05) is 0 Å². The molecule has 0 amide bonds. The van der Waals surface area contributed by atoms with Crippen LogP contribution in [0, 0.1) is 0 Å². The maximum Gasteiger partial charge on any atom is 0.122 e. The number of phenolic OH excluding ortho intramolecular Hbond substituents is 1. The van der Waals surface area contributed by atoms with Gasteiger partial charge in [0.1, 0.15) is 5.75 Å². The Hall–Kier alpha value is -1.26. The second-order valence-electron chi connectivity index (χ2n) is 3.67. The molecule has 1 rings (SSSR count). The summed E-state index contributed by atoms with van der Waals surface area (Å²) < 4.78 is 0. The van der Waals surface area contributed by atoms with Gasteiger partial charge in [-0.05, 0) is 19.4 Å². The van der Waals surface area contributed by atoms with Crippen LogP contribution in [0.5, 0.6) is 5.75 Å². The normalized spacial score (nSPS) is 15.1. The minimum absolute atomic E-state index is 0.0170. The van der Waals surface area contributed by atoms with Gasteiger partial charge in [-0.3, -0.25) is 0 Å². The van der Waals surface area contributed by atoms with Crippen LogP contribution >= 0.6 is 0 Å². The van der Waals surface area contributed by atoms with Gasteiger partial charge in [0.2, 0.25) is 0 Å². The van der Waals surface area contributed by atoms with E-state index in [2.05, 4.69) is 0 Å². The van der Waals surface area contributed by atoms with Gasteiger partial charge in [0.25, 0.3) is 0 Å². The van der Waals surface area contributed by atoms with Crippen molar-refractivity contribution in [2.45, 2.75) is 18.9 Å². The summed E-state index contributed by atoms with van der Waals surface area (Å²) in [6, 6.07) is 4.82. The molecule has 14 heavy (non-hydrogen) atoms.